The molecule has 0 spiro atoms. The molecule has 7 nitrogen and oxygen atoms in total. The quantitative estimate of drug-likeness (QED) is 0.517. The Labute approximate surface area is 136 Å². The summed E-state index contributed by atoms with van der Waals surface area (Å²) in [6.45, 7) is 0. The topological polar surface area (TPSA) is 93.8 Å². The van der Waals surface area contributed by atoms with Gasteiger partial charge in [0.25, 0.3) is 5.91 Å². The van der Waals surface area contributed by atoms with Crippen LogP contribution in [0.3, 0.4) is 0 Å². The second-order valence-corrected chi connectivity index (χ2v) is 4.83. The SMILES string of the molecule is COc1ccc(C=NNC(=O)c2ccc(Cl)cc2)cc1[N+](=O)[O-]. The molecule has 0 aromatic heterocycles. The molecule has 2 aromatic carbocycles. The first-order chi connectivity index (χ1) is 11.0. The van der Waals surface area contributed by atoms with Gasteiger partial charge in [-0.15, -0.1) is 0 Å². The molecule has 118 valence electrons. The highest BCUT2D eigenvalue weighted by molar-refractivity contribution is 6.30. The van der Waals surface area contributed by atoms with Crippen molar-refractivity contribution in [3.05, 3.63) is 68.7 Å². The van der Waals surface area contributed by atoms with Crippen LogP contribution in [-0.4, -0.2) is 24.2 Å². The van der Waals surface area contributed by atoms with E-state index in [2.05, 4.69) is 10.5 Å². The Morgan fingerprint density at radius 2 is 2.00 bits per heavy atom. The van der Waals surface area contributed by atoms with Crippen molar-refractivity contribution in [1.82, 2.24) is 5.43 Å². The van der Waals surface area contributed by atoms with Gasteiger partial charge in [-0.2, -0.15) is 5.10 Å². The number of benzene rings is 2. The first kappa shape index (κ1) is 16.4. The fourth-order valence-corrected chi connectivity index (χ4v) is 1.89. The van der Waals surface area contributed by atoms with E-state index in [-0.39, 0.29) is 11.4 Å². The number of nitro benzene ring substituents is 1. The van der Waals surface area contributed by atoms with E-state index in [1.54, 1.807) is 30.3 Å². The summed E-state index contributed by atoms with van der Waals surface area (Å²) < 4.78 is 4.91. The predicted molar refractivity (Wildman–Crippen MR) is 86.2 cm³/mol. The lowest BCUT2D eigenvalue weighted by Crippen LogP contribution is -2.17. The molecule has 0 saturated carbocycles. The van der Waals surface area contributed by atoms with Crippen molar-refractivity contribution in [2.75, 3.05) is 7.11 Å². The Bertz CT molecular complexity index is 760. The lowest BCUT2D eigenvalue weighted by molar-refractivity contribution is -0.385. The van der Waals surface area contributed by atoms with E-state index in [9.17, 15) is 14.9 Å². The molecule has 0 aliphatic heterocycles. The summed E-state index contributed by atoms with van der Waals surface area (Å²) in [5.41, 5.74) is 3.00. The van der Waals surface area contributed by atoms with Crippen LogP contribution in [0.2, 0.25) is 5.02 Å². The molecular weight excluding hydrogens is 322 g/mol. The number of hydrogen-bond acceptors (Lipinski definition) is 5. The number of hydrazone groups is 1. The molecule has 1 N–H and O–H groups in total. The molecule has 0 aliphatic rings. The van der Waals surface area contributed by atoms with Gasteiger partial charge in [0.2, 0.25) is 0 Å². The number of nitro groups is 1. The predicted octanol–water partition coefficient (Wildman–Crippen LogP) is 3.02. The molecule has 0 heterocycles. The average Bonchev–Trinajstić information content (AvgIpc) is 2.55. The number of carbonyl (C=O) groups is 1. The molecule has 0 unspecified atom stereocenters. The van der Waals surface area contributed by atoms with Gasteiger partial charge in [-0.3, -0.25) is 14.9 Å². The number of hydrogen-bond donors (Lipinski definition) is 1. The van der Waals surface area contributed by atoms with Crippen LogP contribution < -0.4 is 10.2 Å². The van der Waals surface area contributed by atoms with E-state index in [0.29, 0.717) is 16.1 Å². The standard InChI is InChI=1S/C15H12ClN3O4/c1-23-14-7-2-10(8-13(14)19(21)22)9-17-18-15(20)11-3-5-12(16)6-4-11/h2-9H,1H3,(H,18,20). The number of rotatable bonds is 5. The number of amides is 1. The van der Waals surface area contributed by atoms with Gasteiger partial charge in [0.15, 0.2) is 5.75 Å². The normalized spacial score (nSPS) is 10.5. The van der Waals surface area contributed by atoms with Crippen molar-refractivity contribution in [2.24, 2.45) is 5.10 Å². The molecule has 1 amide bonds. The van der Waals surface area contributed by atoms with Crippen LogP contribution in [0.4, 0.5) is 5.69 Å². The van der Waals surface area contributed by atoms with Crippen LogP contribution in [-0.2, 0) is 0 Å². The van der Waals surface area contributed by atoms with Crippen LogP contribution in [0, 0.1) is 10.1 Å². The summed E-state index contributed by atoms with van der Waals surface area (Å²) in [5.74, 6) is -0.265. The molecular formula is C15H12ClN3O4. The molecule has 0 aliphatic carbocycles. The van der Waals surface area contributed by atoms with Crippen molar-refractivity contribution < 1.29 is 14.5 Å². The van der Waals surface area contributed by atoms with Gasteiger partial charge >= 0.3 is 5.69 Å². The van der Waals surface area contributed by atoms with Crippen LogP contribution in [0.25, 0.3) is 0 Å². The zero-order chi connectivity index (χ0) is 16.8. The monoisotopic (exact) mass is 333 g/mol. The molecule has 0 radical (unpaired) electrons. The van der Waals surface area contributed by atoms with Gasteiger partial charge in [0.05, 0.1) is 18.2 Å². The maximum absolute atomic E-state index is 11.8. The van der Waals surface area contributed by atoms with Crippen LogP contribution in [0.15, 0.2) is 47.6 Å². The number of halogens is 1. The summed E-state index contributed by atoms with van der Waals surface area (Å²) in [7, 11) is 1.35. The lowest BCUT2D eigenvalue weighted by Gasteiger charge is -2.02. The van der Waals surface area contributed by atoms with E-state index in [0.717, 1.165) is 0 Å². The molecule has 8 heteroatoms. The van der Waals surface area contributed by atoms with Gasteiger partial charge in [0.1, 0.15) is 0 Å². The third-order valence-corrected chi connectivity index (χ3v) is 3.14. The van der Waals surface area contributed by atoms with Crippen LogP contribution in [0.1, 0.15) is 15.9 Å². The highest BCUT2D eigenvalue weighted by Crippen LogP contribution is 2.26. The number of methoxy groups -OCH3 is 1. The van der Waals surface area contributed by atoms with Crippen molar-refractivity contribution in [2.45, 2.75) is 0 Å². The van der Waals surface area contributed by atoms with E-state index in [1.165, 1.54) is 25.5 Å². The maximum Gasteiger partial charge on any atom is 0.311 e. The summed E-state index contributed by atoms with van der Waals surface area (Å²) in [6.07, 6.45) is 1.31. The van der Waals surface area contributed by atoms with Crippen molar-refractivity contribution in [1.29, 1.82) is 0 Å². The third kappa shape index (κ3) is 4.27. The minimum absolute atomic E-state index is 0.150. The van der Waals surface area contributed by atoms with Gasteiger partial charge in [-0.05, 0) is 36.4 Å². The zero-order valence-electron chi connectivity index (χ0n) is 12.0. The lowest BCUT2D eigenvalue weighted by atomic mass is 10.2. The van der Waals surface area contributed by atoms with Gasteiger partial charge in [0, 0.05) is 22.2 Å². The zero-order valence-corrected chi connectivity index (χ0v) is 12.8. The second kappa shape index (κ2) is 7.37. The van der Waals surface area contributed by atoms with E-state index in [4.69, 9.17) is 16.3 Å². The van der Waals surface area contributed by atoms with E-state index < -0.39 is 10.8 Å². The number of nitrogens with one attached hydrogen (secondary N) is 1. The van der Waals surface area contributed by atoms with Crippen LogP contribution >= 0.6 is 11.6 Å². The molecule has 23 heavy (non-hydrogen) atoms. The Morgan fingerprint density at radius 3 is 2.61 bits per heavy atom. The number of nitrogens with zero attached hydrogens (tertiary/aromatic N) is 2. The van der Waals surface area contributed by atoms with Crippen molar-refractivity contribution in [3.63, 3.8) is 0 Å². The van der Waals surface area contributed by atoms with Crippen LogP contribution in [0.5, 0.6) is 5.75 Å². The molecule has 0 bridgehead atoms. The highest BCUT2D eigenvalue weighted by atomic mass is 35.5. The van der Waals surface area contributed by atoms with Crippen molar-refractivity contribution >= 4 is 29.4 Å². The summed E-state index contributed by atoms with van der Waals surface area (Å²) in [5, 5.41) is 15.2. The number of carbonyl (C=O) groups excluding carboxylic acids is 1. The smallest absolute Gasteiger partial charge is 0.311 e. The molecule has 0 fully saturated rings. The molecule has 2 aromatic rings. The Morgan fingerprint density at radius 1 is 1.30 bits per heavy atom. The average molecular weight is 334 g/mol. The Hall–Kier alpha value is -2.93. The fraction of sp³-hybridized carbons (Fsp3) is 0.0667. The highest BCUT2D eigenvalue weighted by Gasteiger charge is 2.14. The van der Waals surface area contributed by atoms with E-state index in [1.807, 2.05) is 0 Å². The second-order valence-electron chi connectivity index (χ2n) is 4.39. The summed E-state index contributed by atoms with van der Waals surface area (Å²) in [6, 6.07) is 10.7. The van der Waals surface area contributed by atoms with Gasteiger partial charge in [-0.25, -0.2) is 5.43 Å². The minimum atomic E-state index is -0.553. The Kier molecular flexibility index (Phi) is 5.27. The Balaban J connectivity index is 2.08. The van der Waals surface area contributed by atoms with Gasteiger partial charge < -0.3 is 4.74 Å². The maximum atomic E-state index is 11.8. The largest absolute Gasteiger partial charge is 0.490 e. The van der Waals surface area contributed by atoms with E-state index >= 15 is 0 Å². The summed E-state index contributed by atoms with van der Waals surface area (Å²) >= 11 is 5.74. The molecule has 0 saturated heterocycles. The molecule has 2 rings (SSSR count). The molecule has 0 atom stereocenters. The first-order valence-electron chi connectivity index (χ1n) is 6.42. The third-order valence-electron chi connectivity index (χ3n) is 2.89. The fourth-order valence-electron chi connectivity index (χ4n) is 1.76. The minimum Gasteiger partial charge on any atom is -0.490 e. The first-order valence-corrected chi connectivity index (χ1v) is 6.80. The van der Waals surface area contributed by atoms with Gasteiger partial charge in [-0.1, -0.05) is 11.6 Å². The summed E-state index contributed by atoms with van der Waals surface area (Å²) in [4.78, 5) is 22.2. The number of ether oxygens (including phenoxy) is 1. The van der Waals surface area contributed by atoms with Crippen molar-refractivity contribution in [3.8, 4) is 5.75 Å².